The first-order chi connectivity index (χ1) is 19.6. The van der Waals surface area contributed by atoms with Gasteiger partial charge in [-0.1, -0.05) is 6.07 Å². The summed E-state index contributed by atoms with van der Waals surface area (Å²) < 4.78 is 96.8. The number of rotatable bonds is 8. The maximum absolute atomic E-state index is 13.6. The number of carbonyl (C=O) groups excluding carboxylic acids is 2. The number of aromatic nitrogens is 2. The van der Waals surface area contributed by atoms with Crippen molar-refractivity contribution >= 4 is 27.5 Å². The number of hydrogen-bond acceptors (Lipinski definition) is 7. The first-order valence-electron chi connectivity index (χ1n) is 12.4. The fourth-order valence-corrected chi connectivity index (χ4v) is 5.76. The van der Waals surface area contributed by atoms with Crippen LogP contribution in [0.25, 0.3) is 5.69 Å². The molecule has 224 valence electrons. The number of amides is 2. The topological polar surface area (TPSA) is 129 Å². The van der Waals surface area contributed by atoms with Crippen LogP contribution in [0.2, 0.25) is 0 Å². The van der Waals surface area contributed by atoms with E-state index in [1.165, 1.54) is 41.1 Å². The monoisotopic (exact) mass is 614 g/mol. The van der Waals surface area contributed by atoms with E-state index in [1.54, 1.807) is 6.07 Å². The zero-order valence-corrected chi connectivity index (χ0v) is 22.6. The van der Waals surface area contributed by atoms with E-state index in [2.05, 4.69) is 20.5 Å². The molecule has 16 heteroatoms. The summed E-state index contributed by atoms with van der Waals surface area (Å²) in [5.74, 6) is -2.66. The van der Waals surface area contributed by atoms with Gasteiger partial charge < -0.3 is 20.1 Å². The highest BCUT2D eigenvalue weighted by Crippen LogP contribution is 2.44. The van der Waals surface area contributed by atoms with Crippen molar-refractivity contribution in [1.82, 2.24) is 15.1 Å². The van der Waals surface area contributed by atoms with Crippen molar-refractivity contribution in [1.29, 1.82) is 0 Å². The average Bonchev–Trinajstić information content (AvgIpc) is 3.39. The fraction of sp³-hybridized carbons (Fsp3) is 0.346. The summed E-state index contributed by atoms with van der Waals surface area (Å²) in [6, 6.07) is 9.67. The maximum atomic E-state index is 13.6. The zero-order chi connectivity index (χ0) is 30.4. The van der Waals surface area contributed by atoms with E-state index in [0.29, 0.717) is 24.0 Å². The van der Waals surface area contributed by atoms with Crippen LogP contribution >= 0.6 is 0 Å². The molecule has 0 bridgehead atoms. The number of ether oxygens (including phenoxy) is 2. The molecule has 10 nitrogen and oxygen atoms in total. The van der Waals surface area contributed by atoms with Crippen LogP contribution in [0.5, 0.6) is 11.5 Å². The molecular formula is C26H23F5N4O6S. The Morgan fingerprint density at radius 2 is 1.86 bits per heavy atom. The van der Waals surface area contributed by atoms with Gasteiger partial charge in [-0.15, -0.1) is 0 Å². The molecule has 42 heavy (non-hydrogen) atoms. The van der Waals surface area contributed by atoms with Gasteiger partial charge in [0.05, 0.1) is 16.9 Å². The number of sulfone groups is 1. The summed E-state index contributed by atoms with van der Waals surface area (Å²) in [6.45, 7) is -4.50. The summed E-state index contributed by atoms with van der Waals surface area (Å²) >= 11 is 0. The van der Waals surface area contributed by atoms with Crippen molar-refractivity contribution < 1.29 is 49.4 Å². The number of hydrogen-bond donors (Lipinski definition) is 2. The van der Waals surface area contributed by atoms with Gasteiger partial charge in [0.15, 0.2) is 16.4 Å². The van der Waals surface area contributed by atoms with Gasteiger partial charge in [-0.2, -0.15) is 27.1 Å². The Hall–Kier alpha value is -4.21. The van der Waals surface area contributed by atoms with E-state index in [4.69, 9.17) is 4.74 Å². The molecule has 0 saturated heterocycles. The second-order valence-corrected chi connectivity index (χ2v) is 12.1. The second kappa shape index (κ2) is 10.6. The third-order valence-corrected chi connectivity index (χ3v) is 7.57. The molecule has 2 amide bonds. The largest absolute Gasteiger partial charge is 0.484 e. The highest BCUT2D eigenvalue weighted by molar-refractivity contribution is 7.91. The van der Waals surface area contributed by atoms with E-state index < -0.39 is 52.3 Å². The number of nitrogens with one attached hydrogen (secondary N) is 2. The van der Waals surface area contributed by atoms with Gasteiger partial charge in [0, 0.05) is 12.7 Å². The number of nitrogens with zero attached hydrogens (tertiary/aromatic N) is 2. The van der Waals surface area contributed by atoms with Gasteiger partial charge in [-0.3, -0.25) is 9.59 Å². The Labute approximate surface area is 235 Å². The van der Waals surface area contributed by atoms with Crippen molar-refractivity contribution in [3.63, 3.8) is 0 Å². The van der Waals surface area contributed by atoms with Gasteiger partial charge in [-0.25, -0.2) is 13.1 Å². The fourth-order valence-electron chi connectivity index (χ4n) is 5.21. The molecule has 0 fully saturated rings. The smallest absolute Gasteiger partial charge is 0.422 e. The number of carbonyl (C=O) groups is 2. The number of halogens is 5. The Bertz CT molecular complexity index is 1660. The van der Waals surface area contributed by atoms with E-state index in [9.17, 15) is 40.0 Å². The van der Waals surface area contributed by atoms with Crippen molar-refractivity contribution in [2.75, 3.05) is 23.9 Å². The summed E-state index contributed by atoms with van der Waals surface area (Å²) in [7, 11) is -3.73. The summed E-state index contributed by atoms with van der Waals surface area (Å²) in [5.41, 5.74) is 0.895. The Morgan fingerprint density at radius 3 is 2.50 bits per heavy atom. The molecule has 1 aromatic heterocycles. The van der Waals surface area contributed by atoms with E-state index in [-0.39, 0.29) is 40.7 Å². The lowest BCUT2D eigenvalue weighted by atomic mass is 9.82. The Morgan fingerprint density at radius 1 is 1.17 bits per heavy atom. The molecule has 0 radical (unpaired) electrons. The first-order valence-corrected chi connectivity index (χ1v) is 14.5. The lowest BCUT2D eigenvalue weighted by molar-refractivity contribution is -0.153. The molecule has 5 rings (SSSR count). The van der Waals surface area contributed by atoms with Gasteiger partial charge in [0.1, 0.15) is 28.6 Å². The van der Waals surface area contributed by atoms with Crippen molar-refractivity contribution in [2.24, 2.45) is 0 Å². The molecule has 2 heterocycles. The van der Waals surface area contributed by atoms with Crippen molar-refractivity contribution in [3.05, 3.63) is 64.8 Å². The maximum Gasteiger partial charge on any atom is 0.422 e. The van der Waals surface area contributed by atoms with Crippen LogP contribution < -0.4 is 20.1 Å². The predicted octanol–water partition coefficient (Wildman–Crippen LogP) is 3.53. The molecule has 1 spiro atoms. The van der Waals surface area contributed by atoms with E-state index in [0.717, 1.165) is 6.26 Å². The Balaban J connectivity index is 1.51. The predicted molar refractivity (Wildman–Crippen MR) is 138 cm³/mol. The molecule has 3 aromatic rings. The SMILES string of the molecule is CS(=O)(=O)CC(=O)Nc1c2c(nn1-c1ccc(OC(F)F)cc1)C[C@]1(CCc3cc(OCC(F)(F)F)ccc31)NC2=O. The zero-order valence-electron chi connectivity index (χ0n) is 21.8. The lowest BCUT2D eigenvalue weighted by Crippen LogP contribution is -2.49. The van der Waals surface area contributed by atoms with Crippen LogP contribution in [0.3, 0.4) is 0 Å². The lowest BCUT2D eigenvalue weighted by Gasteiger charge is -2.35. The average molecular weight is 615 g/mol. The van der Waals surface area contributed by atoms with Crippen LogP contribution in [-0.4, -0.2) is 61.4 Å². The molecule has 1 aliphatic heterocycles. The molecule has 2 aliphatic rings. The highest BCUT2D eigenvalue weighted by Gasteiger charge is 2.47. The molecular weight excluding hydrogens is 591 g/mol. The minimum absolute atomic E-state index is 0.0195. The van der Waals surface area contributed by atoms with Crippen LogP contribution in [0, 0.1) is 0 Å². The quantitative estimate of drug-likeness (QED) is 0.372. The molecule has 2 N–H and O–H groups in total. The third-order valence-electron chi connectivity index (χ3n) is 6.78. The minimum Gasteiger partial charge on any atom is -0.484 e. The van der Waals surface area contributed by atoms with Gasteiger partial charge in [0.2, 0.25) is 5.91 Å². The summed E-state index contributed by atoms with van der Waals surface area (Å²) in [5, 5.41) is 9.93. The molecule has 0 unspecified atom stereocenters. The third kappa shape index (κ3) is 6.17. The normalized spacial score (nSPS) is 18.0. The van der Waals surface area contributed by atoms with Crippen LogP contribution in [0.1, 0.15) is 33.6 Å². The van der Waals surface area contributed by atoms with Gasteiger partial charge in [-0.05, 0) is 60.4 Å². The first kappa shape index (κ1) is 29.3. The molecule has 2 aromatic carbocycles. The summed E-state index contributed by atoms with van der Waals surface area (Å²) in [4.78, 5) is 26.1. The van der Waals surface area contributed by atoms with E-state index >= 15 is 0 Å². The number of anilines is 1. The molecule has 1 aliphatic carbocycles. The second-order valence-electron chi connectivity index (χ2n) is 10.0. The number of fused-ring (bicyclic) bond motifs is 3. The highest BCUT2D eigenvalue weighted by atomic mass is 32.2. The molecule has 0 saturated carbocycles. The minimum atomic E-state index is -4.50. The number of aryl methyl sites for hydroxylation is 1. The Kier molecular flexibility index (Phi) is 7.37. The van der Waals surface area contributed by atoms with E-state index in [1.807, 2.05) is 0 Å². The van der Waals surface area contributed by atoms with Gasteiger partial charge >= 0.3 is 12.8 Å². The van der Waals surface area contributed by atoms with Crippen LogP contribution in [0.15, 0.2) is 42.5 Å². The summed E-state index contributed by atoms with van der Waals surface area (Å²) in [6.07, 6.45) is -2.67. The van der Waals surface area contributed by atoms with Crippen LogP contribution in [0.4, 0.5) is 27.8 Å². The number of benzene rings is 2. The van der Waals surface area contributed by atoms with Crippen molar-refractivity contribution in [3.8, 4) is 17.2 Å². The van der Waals surface area contributed by atoms with Crippen LogP contribution in [-0.2, 0) is 33.0 Å². The molecule has 1 atom stereocenters. The van der Waals surface area contributed by atoms with Crippen molar-refractivity contribution in [2.45, 2.75) is 37.6 Å². The standard InChI is InChI=1S/C26H23F5N4O6S/c1-42(38,39)12-20(36)32-22-21-19(34-35(22)15-2-4-16(5-3-15)41-24(27)28)11-25(33-23(21)37)9-8-14-10-17(6-7-18(14)25)40-13-26(29,30)31/h2-7,10,24H,8-9,11-13H2,1H3,(H,32,36)(H,33,37)/t25-/m0/s1. The number of alkyl halides is 5. The van der Waals surface area contributed by atoms with Gasteiger partial charge in [0.25, 0.3) is 5.91 Å².